The molecule has 0 bridgehead atoms. The van der Waals surface area contributed by atoms with Gasteiger partial charge < -0.3 is 9.84 Å². The topological polar surface area (TPSA) is 115 Å². The summed E-state index contributed by atoms with van der Waals surface area (Å²) in [5.41, 5.74) is -0.557. The molecule has 2 rings (SSSR count). The highest BCUT2D eigenvalue weighted by Crippen LogP contribution is 2.32. The lowest BCUT2D eigenvalue weighted by molar-refractivity contribution is -0.386. The summed E-state index contributed by atoms with van der Waals surface area (Å²) in [4.78, 5) is 28.7. The maximum absolute atomic E-state index is 11.0. The van der Waals surface area contributed by atoms with Crippen LogP contribution in [0.1, 0.15) is 10.4 Å². The first-order chi connectivity index (χ1) is 9.49. The fourth-order valence-corrected chi connectivity index (χ4v) is 1.69. The summed E-state index contributed by atoms with van der Waals surface area (Å²) < 4.78 is 5.61. The number of nitrogens with zero attached hydrogens (tertiary/aromatic N) is 3. The van der Waals surface area contributed by atoms with E-state index in [1.165, 1.54) is 24.5 Å². The van der Waals surface area contributed by atoms with Gasteiger partial charge in [0, 0.05) is 22.9 Å². The third-order valence-electron chi connectivity index (χ3n) is 2.22. The van der Waals surface area contributed by atoms with Crippen molar-refractivity contribution < 1.29 is 19.6 Å². The molecule has 0 radical (unpaired) electrons. The van der Waals surface area contributed by atoms with Crippen LogP contribution in [0.15, 0.2) is 35.2 Å². The van der Waals surface area contributed by atoms with Gasteiger partial charge in [0.05, 0.1) is 11.1 Å². The van der Waals surface area contributed by atoms with Crippen molar-refractivity contribution in [1.29, 1.82) is 0 Å². The minimum Gasteiger partial charge on any atom is -0.478 e. The minimum absolute atomic E-state index is 0.127. The monoisotopic (exact) mass is 339 g/mol. The van der Waals surface area contributed by atoms with Crippen LogP contribution in [0.25, 0.3) is 0 Å². The molecule has 0 aliphatic rings. The fourth-order valence-electron chi connectivity index (χ4n) is 1.37. The van der Waals surface area contributed by atoms with Crippen molar-refractivity contribution in [2.45, 2.75) is 0 Å². The van der Waals surface area contributed by atoms with Crippen LogP contribution in [0.2, 0.25) is 0 Å². The van der Waals surface area contributed by atoms with E-state index < -0.39 is 10.9 Å². The predicted molar refractivity (Wildman–Crippen MR) is 69.9 cm³/mol. The van der Waals surface area contributed by atoms with Crippen LogP contribution in [-0.4, -0.2) is 26.0 Å². The second-order valence-corrected chi connectivity index (χ2v) is 4.43. The maximum atomic E-state index is 11.0. The highest BCUT2D eigenvalue weighted by Gasteiger charge is 2.20. The van der Waals surface area contributed by atoms with E-state index in [-0.39, 0.29) is 22.9 Å². The van der Waals surface area contributed by atoms with Crippen LogP contribution >= 0.6 is 15.9 Å². The van der Waals surface area contributed by atoms with Crippen molar-refractivity contribution in [2.24, 2.45) is 0 Å². The maximum Gasteiger partial charge on any atom is 0.339 e. The largest absolute Gasteiger partial charge is 0.478 e. The molecular formula is C11H6BrN3O5. The van der Waals surface area contributed by atoms with E-state index >= 15 is 0 Å². The van der Waals surface area contributed by atoms with E-state index in [9.17, 15) is 14.9 Å². The van der Waals surface area contributed by atoms with E-state index in [1.54, 1.807) is 0 Å². The molecule has 2 heterocycles. The highest BCUT2D eigenvalue weighted by molar-refractivity contribution is 9.10. The molecular weight excluding hydrogens is 334 g/mol. The number of hydrogen-bond acceptors (Lipinski definition) is 6. The molecule has 102 valence electrons. The lowest BCUT2D eigenvalue weighted by atomic mass is 10.2. The van der Waals surface area contributed by atoms with Crippen LogP contribution in [0.5, 0.6) is 11.6 Å². The molecule has 0 atom stereocenters. The highest BCUT2D eigenvalue weighted by atomic mass is 79.9. The van der Waals surface area contributed by atoms with Gasteiger partial charge in [-0.3, -0.25) is 15.1 Å². The lowest BCUT2D eigenvalue weighted by Gasteiger charge is -2.07. The number of aromatic nitrogens is 2. The molecule has 0 unspecified atom stereocenters. The third-order valence-corrected chi connectivity index (χ3v) is 2.65. The van der Waals surface area contributed by atoms with Gasteiger partial charge in [-0.25, -0.2) is 9.78 Å². The molecule has 0 saturated carbocycles. The molecule has 0 fully saturated rings. The number of aromatic carboxylic acids is 1. The average molecular weight is 340 g/mol. The Morgan fingerprint density at radius 3 is 2.85 bits per heavy atom. The third kappa shape index (κ3) is 2.88. The Morgan fingerprint density at radius 2 is 2.20 bits per heavy atom. The summed E-state index contributed by atoms with van der Waals surface area (Å²) in [5, 5.41) is 19.9. The Morgan fingerprint density at radius 1 is 1.45 bits per heavy atom. The molecule has 20 heavy (non-hydrogen) atoms. The smallest absolute Gasteiger partial charge is 0.339 e. The Hall–Kier alpha value is -2.55. The van der Waals surface area contributed by atoms with Crippen molar-refractivity contribution in [3.05, 3.63) is 50.9 Å². The van der Waals surface area contributed by atoms with Gasteiger partial charge in [0.25, 0.3) is 5.88 Å². The number of halogens is 1. The van der Waals surface area contributed by atoms with E-state index in [4.69, 9.17) is 9.84 Å². The molecule has 0 aliphatic heterocycles. The predicted octanol–water partition coefficient (Wildman–Crippen LogP) is 2.64. The molecule has 2 aromatic heterocycles. The molecule has 0 aliphatic carbocycles. The molecule has 8 nitrogen and oxygen atoms in total. The zero-order chi connectivity index (χ0) is 14.7. The van der Waals surface area contributed by atoms with E-state index in [1.807, 2.05) is 0 Å². The van der Waals surface area contributed by atoms with Crippen molar-refractivity contribution in [1.82, 2.24) is 9.97 Å². The number of carboxylic acids is 1. The number of pyridine rings is 2. The van der Waals surface area contributed by atoms with E-state index in [0.29, 0.717) is 4.47 Å². The number of rotatable bonds is 4. The SMILES string of the molecule is O=C(O)c1ccncc1Oc1ncc(Br)cc1[N+](=O)[O-]. The van der Waals surface area contributed by atoms with Crippen molar-refractivity contribution in [3.8, 4) is 11.6 Å². The summed E-state index contributed by atoms with van der Waals surface area (Å²) in [6.45, 7) is 0. The molecule has 9 heteroatoms. The van der Waals surface area contributed by atoms with Gasteiger partial charge in [0.15, 0.2) is 5.75 Å². The van der Waals surface area contributed by atoms with E-state index in [0.717, 1.165) is 6.20 Å². The zero-order valence-corrected chi connectivity index (χ0v) is 11.3. The Balaban J connectivity index is 2.45. The first-order valence-corrected chi connectivity index (χ1v) is 5.93. The molecule has 0 saturated heterocycles. The summed E-state index contributed by atoms with van der Waals surface area (Å²) in [7, 11) is 0. The average Bonchev–Trinajstić information content (AvgIpc) is 2.41. The normalized spacial score (nSPS) is 10.1. The molecule has 2 aromatic rings. The molecule has 0 amide bonds. The van der Waals surface area contributed by atoms with Gasteiger partial charge in [-0.1, -0.05) is 0 Å². The minimum atomic E-state index is -1.23. The molecule has 0 spiro atoms. The van der Waals surface area contributed by atoms with Gasteiger partial charge in [0.2, 0.25) is 0 Å². The van der Waals surface area contributed by atoms with Crippen LogP contribution in [0, 0.1) is 10.1 Å². The van der Waals surface area contributed by atoms with Gasteiger partial charge in [0.1, 0.15) is 5.56 Å². The Bertz CT molecular complexity index is 692. The first kappa shape index (κ1) is 13.9. The summed E-state index contributed by atoms with van der Waals surface area (Å²) in [6.07, 6.45) is 3.73. The second kappa shape index (κ2) is 5.61. The number of carbonyl (C=O) groups is 1. The lowest BCUT2D eigenvalue weighted by Crippen LogP contribution is -2.02. The second-order valence-electron chi connectivity index (χ2n) is 3.51. The fraction of sp³-hybridized carbons (Fsp3) is 0. The zero-order valence-electron chi connectivity index (χ0n) is 9.69. The van der Waals surface area contributed by atoms with E-state index in [2.05, 4.69) is 25.9 Å². The van der Waals surface area contributed by atoms with Gasteiger partial charge in [-0.15, -0.1) is 0 Å². The van der Waals surface area contributed by atoms with Gasteiger partial charge in [-0.05, 0) is 22.0 Å². The van der Waals surface area contributed by atoms with Crippen LogP contribution in [0.4, 0.5) is 5.69 Å². The number of ether oxygens (including phenoxy) is 1. The number of hydrogen-bond donors (Lipinski definition) is 1. The summed E-state index contributed by atoms with van der Waals surface area (Å²) >= 11 is 3.06. The van der Waals surface area contributed by atoms with Crippen LogP contribution in [-0.2, 0) is 0 Å². The molecule has 1 N–H and O–H groups in total. The van der Waals surface area contributed by atoms with Crippen LogP contribution in [0.3, 0.4) is 0 Å². The number of carboxylic acid groups (broad SMARTS) is 1. The Labute approximate surface area is 120 Å². The van der Waals surface area contributed by atoms with Crippen molar-refractivity contribution in [3.63, 3.8) is 0 Å². The van der Waals surface area contributed by atoms with Crippen molar-refractivity contribution in [2.75, 3.05) is 0 Å². The molecule has 0 aromatic carbocycles. The number of nitro groups is 1. The standard InChI is InChI=1S/C11H6BrN3O5/c12-6-3-8(15(18)19)10(14-4-6)20-9-5-13-2-1-7(9)11(16)17/h1-5H,(H,16,17). The first-order valence-electron chi connectivity index (χ1n) is 5.14. The van der Waals surface area contributed by atoms with Crippen molar-refractivity contribution >= 4 is 27.6 Å². The Kier molecular flexibility index (Phi) is 3.89. The van der Waals surface area contributed by atoms with Gasteiger partial charge in [-0.2, -0.15) is 0 Å². The summed E-state index contributed by atoms with van der Waals surface area (Å²) in [5.74, 6) is -1.67. The summed E-state index contributed by atoms with van der Waals surface area (Å²) in [6, 6.07) is 2.43. The quantitative estimate of drug-likeness (QED) is 0.672. The van der Waals surface area contributed by atoms with Gasteiger partial charge >= 0.3 is 11.7 Å². The van der Waals surface area contributed by atoms with Crippen LogP contribution < -0.4 is 4.74 Å².